The Labute approximate surface area is 784 Å². The van der Waals surface area contributed by atoms with Gasteiger partial charge in [-0.3, -0.25) is 89.5 Å². The average molecular weight is 1840 g/mol. The van der Waals surface area contributed by atoms with Crippen LogP contribution in [0.25, 0.3) is 36.5 Å². The molecule has 12 aromatic rings. The Hall–Kier alpha value is -17.7. The maximum atomic E-state index is 12.5. The number of ether oxygens (including phenoxy) is 6. The van der Waals surface area contributed by atoms with Crippen molar-refractivity contribution in [3.8, 4) is 34.5 Å². The minimum Gasteiger partial charge on any atom is -0.497 e. The van der Waals surface area contributed by atoms with Gasteiger partial charge in [0.1, 0.15) is 23.0 Å². The first-order valence-electron chi connectivity index (χ1n) is 41.4. The topological polar surface area (TPSA) is 417 Å². The molecule has 0 unspecified atom stereocenters. The molecular formula is C106H98N6O24. The molecule has 0 heterocycles. The molecule has 696 valence electrons. The molecule has 0 aromatic heterocycles. The summed E-state index contributed by atoms with van der Waals surface area (Å²) in [5, 5.41) is 66.4. The molecule has 0 saturated heterocycles. The van der Waals surface area contributed by atoms with E-state index < -0.39 is 29.5 Å². The number of nitro groups is 6. The van der Waals surface area contributed by atoms with Crippen molar-refractivity contribution in [3.63, 3.8) is 0 Å². The number of nitrogens with zero attached hydrogens (tertiary/aromatic N) is 6. The summed E-state index contributed by atoms with van der Waals surface area (Å²) < 4.78 is 31.2. The zero-order valence-electron chi connectivity index (χ0n) is 77.3. The molecule has 0 saturated carbocycles. The van der Waals surface area contributed by atoms with Crippen LogP contribution in [0.1, 0.15) is 151 Å². The molecule has 30 nitrogen and oxygen atoms in total. The quantitative estimate of drug-likeness (QED) is 0.0175. The number of hydrogen-bond donors (Lipinski definition) is 0. The van der Waals surface area contributed by atoms with E-state index in [0.717, 1.165) is 55.6 Å². The van der Waals surface area contributed by atoms with E-state index in [1.807, 2.05) is 45.9 Å². The first-order valence-corrected chi connectivity index (χ1v) is 41.4. The first-order chi connectivity index (χ1) is 64.7. The molecule has 0 radical (unpaired) electrons. The Morgan fingerprint density at radius 1 is 0.228 bits per heavy atom. The highest BCUT2D eigenvalue weighted by Crippen LogP contribution is 2.36. The third-order valence-corrected chi connectivity index (χ3v) is 20.1. The minimum absolute atomic E-state index is 0.00274. The van der Waals surface area contributed by atoms with Crippen molar-refractivity contribution in [1.82, 2.24) is 0 Å². The molecule has 0 amide bonds. The van der Waals surface area contributed by atoms with Crippen LogP contribution in [0, 0.1) is 130 Å². The lowest BCUT2D eigenvalue weighted by Gasteiger charge is -2.13. The standard InChI is InChI=1S/C19H19NO5.2C18H17NO4.2C17H15NO4.C17H15NO3/c1-12-5-7-14(16(11-12)20(22)23)8-10-17(21)15-9-6-13(2)18(24-3)19(15)25-4;1-12-4-6-14(16(10-12)19(21)22)7-9-17(20)15-8-5-13(2)11-18(15)23-3;1-12-4-6-14(16(10-12)19(21)22)8-9-17(20)15-7-5-13(2)18(11-15)23-3;1-12-6-7-13(16(10-12)18(20)21)8-9-17(19)14-4-3-5-15(11-14)22-2;1-12-7-8-13(15(11-12)18(20)21)9-10-16(19)14-5-3-4-6-17(14)22-2;1-12-3-7-15(8-4-12)17(19)10-9-14-6-5-13(2)11-16(14)18(20)21/h5-11H,1-4H3;2*4-11H,1-3H3;2*3-11H,1-2H3;3-11H,1-2H3/b10-8+;9-7+;2*9-8+;2*10-9+. The van der Waals surface area contributed by atoms with E-state index in [4.69, 9.17) is 28.4 Å². The Balaban J connectivity index is 0.000000223. The number of rotatable bonds is 30. The highest BCUT2D eigenvalue weighted by molar-refractivity contribution is 6.12. The van der Waals surface area contributed by atoms with Crippen LogP contribution < -0.4 is 28.4 Å². The number of carbonyl (C=O) groups excluding carboxylic acids is 6. The number of benzene rings is 12. The Kier molecular flexibility index (Phi) is 39.5. The Morgan fingerprint density at radius 3 is 0.860 bits per heavy atom. The molecule has 136 heavy (non-hydrogen) atoms. The molecule has 0 N–H and O–H groups in total. The van der Waals surface area contributed by atoms with Crippen LogP contribution in [0.2, 0.25) is 0 Å². The second-order valence-electron chi connectivity index (χ2n) is 30.3. The van der Waals surface area contributed by atoms with Gasteiger partial charge in [-0.25, -0.2) is 0 Å². The monoisotopic (exact) mass is 1840 g/mol. The fraction of sp³-hybridized carbons (Fsp3) is 0.151. The number of nitro benzene ring substituents is 6. The van der Waals surface area contributed by atoms with E-state index in [-0.39, 0.29) is 68.8 Å². The lowest BCUT2D eigenvalue weighted by Crippen LogP contribution is -2.02. The summed E-state index contributed by atoms with van der Waals surface area (Å²) in [5.41, 5.74) is 13.5. The van der Waals surface area contributed by atoms with E-state index in [2.05, 4.69) is 0 Å². The SMILES string of the molecule is COc1c(C)ccc(C(=O)/C=C/c2ccc(C)cc2[N+](=O)[O-])c1OC.COc1cc(C(=O)/C=C/c2ccc(C)cc2[N+](=O)[O-])ccc1C.COc1cc(C)ccc1C(=O)/C=C/c1ccc(C)cc1[N+](=O)[O-].COc1cccc(C(=O)/C=C/c2ccc(C)cc2[N+](=O)[O-])c1.COc1ccccc1C(=O)/C=C/c1ccc(C)cc1[N+](=O)[O-].Cc1ccc(C(=O)/C=C/c2ccc(C)cc2[N+](=O)[O-])cc1. The highest BCUT2D eigenvalue weighted by atomic mass is 16.6. The molecule has 12 rings (SSSR count). The molecule has 0 aliphatic heterocycles. The largest absolute Gasteiger partial charge is 0.497 e. The van der Waals surface area contributed by atoms with Crippen molar-refractivity contribution in [2.45, 2.75) is 69.2 Å². The summed E-state index contributed by atoms with van der Waals surface area (Å²) in [6, 6.07) is 63.9. The van der Waals surface area contributed by atoms with Gasteiger partial charge in [0, 0.05) is 53.1 Å². The third-order valence-electron chi connectivity index (χ3n) is 20.1. The summed E-state index contributed by atoms with van der Waals surface area (Å²) in [5.74, 6) is 1.48. The van der Waals surface area contributed by atoms with Gasteiger partial charge in [0.2, 0.25) is 0 Å². The zero-order valence-corrected chi connectivity index (χ0v) is 77.3. The van der Waals surface area contributed by atoms with Crippen molar-refractivity contribution in [2.24, 2.45) is 0 Å². The lowest BCUT2D eigenvalue weighted by molar-refractivity contribution is -0.385. The van der Waals surface area contributed by atoms with Crippen LogP contribution in [0.4, 0.5) is 34.1 Å². The predicted molar refractivity (Wildman–Crippen MR) is 524 cm³/mol. The van der Waals surface area contributed by atoms with Crippen molar-refractivity contribution < 1.29 is 86.7 Å². The molecule has 30 heteroatoms. The summed E-state index contributed by atoms with van der Waals surface area (Å²) >= 11 is 0. The number of ketones is 6. The second-order valence-corrected chi connectivity index (χ2v) is 30.3. The van der Waals surface area contributed by atoms with Crippen LogP contribution in [0.5, 0.6) is 34.5 Å². The van der Waals surface area contributed by atoms with E-state index >= 15 is 0 Å². The molecule has 0 fully saturated rings. The molecular weight excluding hydrogens is 1740 g/mol. The second kappa shape index (κ2) is 51.0. The normalized spacial score (nSPS) is 10.7. The van der Waals surface area contributed by atoms with Gasteiger partial charge in [-0.2, -0.15) is 0 Å². The summed E-state index contributed by atoms with van der Waals surface area (Å²) in [4.78, 5) is 137. The first kappa shape index (κ1) is 105. The van der Waals surface area contributed by atoms with Crippen molar-refractivity contribution >= 4 is 105 Å². The fourth-order valence-electron chi connectivity index (χ4n) is 12.9. The van der Waals surface area contributed by atoms with Gasteiger partial charge in [-0.1, -0.05) is 115 Å². The predicted octanol–water partition coefficient (Wildman–Crippen LogP) is 24.1. The van der Waals surface area contributed by atoms with Crippen LogP contribution in [-0.4, -0.2) is 107 Å². The molecule has 0 aliphatic rings. The molecule has 0 aliphatic carbocycles. The van der Waals surface area contributed by atoms with Crippen molar-refractivity contribution in [2.75, 3.05) is 42.7 Å². The van der Waals surface area contributed by atoms with E-state index in [1.54, 1.807) is 225 Å². The number of carbonyl (C=O) groups is 6. The zero-order chi connectivity index (χ0) is 100. The maximum Gasteiger partial charge on any atom is 0.276 e. The number of allylic oxidation sites excluding steroid dienone is 6. The van der Waals surface area contributed by atoms with Gasteiger partial charge >= 0.3 is 0 Å². The van der Waals surface area contributed by atoms with Gasteiger partial charge in [0.05, 0.1) is 122 Å². The number of para-hydroxylation sites is 1. The van der Waals surface area contributed by atoms with Crippen LogP contribution >= 0.6 is 0 Å². The van der Waals surface area contributed by atoms with Crippen LogP contribution in [0.15, 0.2) is 267 Å². The summed E-state index contributed by atoms with van der Waals surface area (Å²) in [7, 11) is 9.02. The van der Waals surface area contributed by atoms with Gasteiger partial charge < -0.3 is 28.4 Å². The number of methoxy groups -OCH3 is 6. The molecule has 0 spiro atoms. The third kappa shape index (κ3) is 30.7. The van der Waals surface area contributed by atoms with Crippen molar-refractivity contribution in [3.05, 3.63) is 450 Å². The number of aryl methyl sites for hydroxylation is 10. The maximum absolute atomic E-state index is 12.5. The molecule has 0 atom stereocenters. The van der Waals surface area contributed by atoms with Crippen molar-refractivity contribution in [1.29, 1.82) is 0 Å². The minimum atomic E-state index is -0.466. The number of hydrogen-bond acceptors (Lipinski definition) is 24. The average Bonchev–Trinajstić information content (AvgIpc) is 0.838. The fourth-order valence-corrected chi connectivity index (χ4v) is 12.9. The Bertz CT molecular complexity index is 6720. The molecule has 0 bridgehead atoms. The summed E-state index contributed by atoms with van der Waals surface area (Å²) in [6.45, 7) is 18.3. The lowest BCUT2D eigenvalue weighted by atomic mass is 10.0. The smallest absolute Gasteiger partial charge is 0.276 e. The van der Waals surface area contributed by atoms with Crippen LogP contribution in [-0.2, 0) is 0 Å². The van der Waals surface area contributed by atoms with Crippen LogP contribution in [0.3, 0.4) is 0 Å². The molecule has 12 aromatic carbocycles. The Morgan fingerprint density at radius 2 is 0.515 bits per heavy atom. The van der Waals surface area contributed by atoms with Gasteiger partial charge in [-0.15, -0.1) is 0 Å². The highest BCUT2D eigenvalue weighted by Gasteiger charge is 2.22. The van der Waals surface area contributed by atoms with Gasteiger partial charge in [0.15, 0.2) is 46.2 Å². The van der Waals surface area contributed by atoms with E-state index in [1.165, 1.54) is 145 Å². The summed E-state index contributed by atoms with van der Waals surface area (Å²) in [6.07, 6.45) is 16.7. The van der Waals surface area contributed by atoms with E-state index in [0.29, 0.717) is 101 Å². The van der Waals surface area contributed by atoms with Gasteiger partial charge in [0.25, 0.3) is 34.1 Å². The van der Waals surface area contributed by atoms with E-state index in [9.17, 15) is 89.5 Å². The van der Waals surface area contributed by atoms with Gasteiger partial charge in [-0.05, 0) is 277 Å².